The number of hydrogen-bond donors (Lipinski definition) is 1. The number of aryl methyl sites for hydroxylation is 1. The Morgan fingerprint density at radius 1 is 1.21 bits per heavy atom. The third-order valence-corrected chi connectivity index (χ3v) is 3.85. The molecule has 2 nitrogen and oxygen atoms in total. The molecule has 1 aromatic heterocycles. The van der Waals surface area contributed by atoms with E-state index in [4.69, 9.17) is 9.84 Å². The highest BCUT2D eigenvalue weighted by Crippen LogP contribution is 2.23. The largest absolute Gasteiger partial charge is 0.488 e. The summed E-state index contributed by atoms with van der Waals surface area (Å²) in [6.07, 6.45) is 0. The van der Waals surface area contributed by atoms with E-state index in [-0.39, 0.29) is 6.61 Å². The van der Waals surface area contributed by atoms with Crippen LogP contribution in [0.4, 0.5) is 0 Å². The van der Waals surface area contributed by atoms with E-state index in [0.29, 0.717) is 6.61 Å². The molecule has 0 aliphatic heterocycles. The lowest BCUT2D eigenvalue weighted by Gasteiger charge is -2.09. The lowest BCUT2D eigenvalue weighted by atomic mass is 10.1. The van der Waals surface area contributed by atoms with Crippen molar-refractivity contribution < 1.29 is 9.84 Å². The van der Waals surface area contributed by atoms with Crippen LogP contribution in [0.15, 0.2) is 30.3 Å². The Kier molecular flexibility index (Phi) is 4.62. The molecule has 2 rings (SSSR count). The summed E-state index contributed by atoms with van der Waals surface area (Å²) in [7, 11) is 0. The molecule has 0 saturated heterocycles. The average molecular weight is 272 g/mol. The standard InChI is InChI=1S/C16H16O2S/c1-12-5-3-7-16(13(12)2)18-11-15-9-8-14(19-15)6-4-10-17/h3,5,7-9,17H,10-11H2,1-2H3. The van der Waals surface area contributed by atoms with Gasteiger partial charge in [-0.25, -0.2) is 0 Å². The van der Waals surface area contributed by atoms with Crippen molar-refractivity contribution in [1.82, 2.24) is 0 Å². The van der Waals surface area contributed by atoms with Crippen LogP contribution in [0.2, 0.25) is 0 Å². The smallest absolute Gasteiger partial charge is 0.123 e. The summed E-state index contributed by atoms with van der Waals surface area (Å²) < 4.78 is 5.83. The zero-order chi connectivity index (χ0) is 13.7. The summed E-state index contributed by atoms with van der Waals surface area (Å²) in [6.45, 7) is 4.59. The fourth-order valence-electron chi connectivity index (χ4n) is 1.68. The molecule has 1 aromatic carbocycles. The van der Waals surface area contributed by atoms with Gasteiger partial charge in [0.2, 0.25) is 0 Å². The summed E-state index contributed by atoms with van der Waals surface area (Å²) in [4.78, 5) is 2.08. The minimum atomic E-state index is -0.105. The predicted octanol–water partition coefficient (Wildman–Crippen LogP) is 3.29. The van der Waals surface area contributed by atoms with Gasteiger partial charge < -0.3 is 9.84 Å². The second-order valence-corrected chi connectivity index (χ2v) is 5.38. The van der Waals surface area contributed by atoms with Gasteiger partial charge in [-0.3, -0.25) is 0 Å². The van der Waals surface area contributed by atoms with Crippen LogP contribution in [0.5, 0.6) is 5.75 Å². The highest BCUT2D eigenvalue weighted by atomic mass is 32.1. The number of benzene rings is 1. The molecule has 0 amide bonds. The normalized spacial score (nSPS) is 9.84. The van der Waals surface area contributed by atoms with Crippen LogP contribution in [0.25, 0.3) is 0 Å². The Bertz CT molecular complexity index is 617. The van der Waals surface area contributed by atoms with Crippen molar-refractivity contribution in [1.29, 1.82) is 0 Å². The van der Waals surface area contributed by atoms with Gasteiger partial charge in [0.05, 0.1) is 4.88 Å². The second-order valence-electron chi connectivity index (χ2n) is 4.21. The Balaban J connectivity index is 2.02. The quantitative estimate of drug-likeness (QED) is 0.869. The van der Waals surface area contributed by atoms with Crippen molar-refractivity contribution in [2.24, 2.45) is 0 Å². The summed E-state index contributed by atoms with van der Waals surface area (Å²) in [5.41, 5.74) is 2.41. The fourth-order valence-corrected chi connectivity index (χ4v) is 2.47. The number of hydrogen-bond acceptors (Lipinski definition) is 3. The molecule has 0 aliphatic carbocycles. The predicted molar refractivity (Wildman–Crippen MR) is 78.5 cm³/mol. The van der Waals surface area contributed by atoms with Crippen molar-refractivity contribution in [2.75, 3.05) is 6.61 Å². The zero-order valence-electron chi connectivity index (χ0n) is 11.1. The first-order valence-corrected chi connectivity index (χ1v) is 6.90. The molecule has 0 saturated carbocycles. The molecule has 2 aromatic rings. The maximum absolute atomic E-state index is 8.65. The van der Waals surface area contributed by atoms with E-state index >= 15 is 0 Å². The fraction of sp³-hybridized carbons (Fsp3) is 0.250. The Hall–Kier alpha value is -1.76. The molecule has 3 heteroatoms. The van der Waals surface area contributed by atoms with Crippen LogP contribution in [0.1, 0.15) is 20.9 Å². The van der Waals surface area contributed by atoms with E-state index in [0.717, 1.165) is 15.5 Å². The molecule has 0 aliphatic rings. The van der Waals surface area contributed by atoms with Gasteiger partial charge in [0, 0.05) is 4.88 Å². The third kappa shape index (κ3) is 3.60. The van der Waals surface area contributed by atoms with Crippen LogP contribution >= 0.6 is 11.3 Å². The van der Waals surface area contributed by atoms with E-state index in [9.17, 15) is 0 Å². The number of thiophene rings is 1. The topological polar surface area (TPSA) is 29.5 Å². The second kappa shape index (κ2) is 6.42. The van der Waals surface area contributed by atoms with Crippen LogP contribution in [0.3, 0.4) is 0 Å². The van der Waals surface area contributed by atoms with Gasteiger partial charge in [0.25, 0.3) is 0 Å². The van der Waals surface area contributed by atoms with E-state index in [2.05, 4.69) is 31.8 Å². The van der Waals surface area contributed by atoms with E-state index in [1.165, 1.54) is 11.1 Å². The van der Waals surface area contributed by atoms with E-state index in [1.54, 1.807) is 11.3 Å². The van der Waals surface area contributed by atoms with Gasteiger partial charge in [-0.2, -0.15) is 0 Å². The van der Waals surface area contributed by atoms with Gasteiger partial charge in [0.15, 0.2) is 0 Å². The van der Waals surface area contributed by atoms with Crippen molar-refractivity contribution in [3.63, 3.8) is 0 Å². The number of aliphatic hydroxyl groups is 1. The van der Waals surface area contributed by atoms with Crippen molar-refractivity contribution >= 4 is 11.3 Å². The maximum atomic E-state index is 8.65. The highest BCUT2D eigenvalue weighted by molar-refractivity contribution is 7.12. The number of rotatable bonds is 3. The van der Waals surface area contributed by atoms with Gasteiger partial charge >= 0.3 is 0 Å². The lowest BCUT2D eigenvalue weighted by molar-refractivity contribution is 0.307. The number of ether oxygens (including phenoxy) is 1. The van der Waals surface area contributed by atoms with Crippen LogP contribution in [-0.2, 0) is 6.61 Å². The van der Waals surface area contributed by atoms with Crippen molar-refractivity contribution in [3.8, 4) is 17.6 Å². The average Bonchev–Trinajstić information content (AvgIpc) is 2.86. The molecule has 0 fully saturated rings. The molecule has 98 valence electrons. The molecule has 0 bridgehead atoms. The van der Waals surface area contributed by atoms with Gasteiger partial charge in [-0.1, -0.05) is 24.0 Å². The summed E-state index contributed by atoms with van der Waals surface area (Å²) in [5.74, 6) is 6.47. The molecule has 0 radical (unpaired) electrons. The maximum Gasteiger partial charge on any atom is 0.123 e. The summed E-state index contributed by atoms with van der Waals surface area (Å²) >= 11 is 1.59. The van der Waals surface area contributed by atoms with Gasteiger partial charge in [0.1, 0.15) is 19.0 Å². The van der Waals surface area contributed by atoms with Crippen molar-refractivity contribution in [2.45, 2.75) is 20.5 Å². The third-order valence-electron chi connectivity index (χ3n) is 2.88. The SMILES string of the molecule is Cc1cccc(OCc2ccc(C#CCO)s2)c1C. The molecular weight excluding hydrogens is 256 g/mol. The summed E-state index contributed by atoms with van der Waals surface area (Å²) in [6, 6.07) is 10.0. The van der Waals surface area contributed by atoms with Gasteiger partial charge in [-0.05, 0) is 43.2 Å². The van der Waals surface area contributed by atoms with Crippen molar-refractivity contribution in [3.05, 3.63) is 51.2 Å². The number of aliphatic hydroxyl groups excluding tert-OH is 1. The summed E-state index contributed by atoms with van der Waals surface area (Å²) in [5, 5.41) is 8.65. The molecule has 0 unspecified atom stereocenters. The zero-order valence-corrected chi connectivity index (χ0v) is 11.9. The molecule has 0 spiro atoms. The Morgan fingerprint density at radius 2 is 2.05 bits per heavy atom. The van der Waals surface area contributed by atoms with Crippen LogP contribution < -0.4 is 4.74 Å². The minimum Gasteiger partial charge on any atom is -0.488 e. The monoisotopic (exact) mass is 272 g/mol. The first-order chi connectivity index (χ1) is 9.20. The molecule has 1 heterocycles. The molecule has 19 heavy (non-hydrogen) atoms. The molecule has 1 N–H and O–H groups in total. The van der Waals surface area contributed by atoms with Gasteiger partial charge in [-0.15, -0.1) is 11.3 Å². The Labute approximate surface area is 117 Å². The minimum absolute atomic E-state index is 0.105. The lowest BCUT2D eigenvalue weighted by Crippen LogP contribution is -1.95. The molecular formula is C16H16O2S. The highest BCUT2D eigenvalue weighted by Gasteiger charge is 2.03. The Morgan fingerprint density at radius 3 is 2.84 bits per heavy atom. The first kappa shape index (κ1) is 13.7. The van der Waals surface area contributed by atoms with E-state index < -0.39 is 0 Å². The van der Waals surface area contributed by atoms with E-state index in [1.807, 2.05) is 24.3 Å². The van der Waals surface area contributed by atoms with Crippen LogP contribution in [0, 0.1) is 25.7 Å². The first-order valence-electron chi connectivity index (χ1n) is 6.08. The molecule has 0 atom stereocenters. The van der Waals surface area contributed by atoms with Crippen LogP contribution in [-0.4, -0.2) is 11.7 Å².